The maximum absolute atomic E-state index is 13.1. The minimum Gasteiger partial charge on any atom is -0.368 e. The summed E-state index contributed by atoms with van der Waals surface area (Å²) in [5.41, 5.74) is 9.98. The Morgan fingerprint density at radius 2 is 1.77 bits per heavy atom. The van der Waals surface area contributed by atoms with Gasteiger partial charge in [-0.25, -0.2) is 4.68 Å². The van der Waals surface area contributed by atoms with Gasteiger partial charge in [-0.2, -0.15) is 5.10 Å². The van der Waals surface area contributed by atoms with E-state index < -0.39 is 11.9 Å². The predicted molar refractivity (Wildman–Crippen MR) is 157 cm³/mol. The number of amides is 2. The molecule has 2 heterocycles. The van der Waals surface area contributed by atoms with Gasteiger partial charge < -0.3 is 11.1 Å². The molecule has 7 nitrogen and oxygen atoms in total. The molecule has 1 aliphatic rings. The van der Waals surface area contributed by atoms with Crippen molar-refractivity contribution in [1.82, 2.24) is 20.1 Å². The summed E-state index contributed by atoms with van der Waals surface area (Å²) >= 11 is 12.5. The van der Waals surface area contributed by atoms with E-state index in [1.165, 1.54) is 0 Å². The zero-order valence-electron chi connectivity index (χ0n) is 22.4. The number of hydrogen-bond donors (Lipinski definition) is 2. The summed E-state index contributed by atoms with van der Waals surface area (Å²) in [7, 11) is 0. The maximum Gasteiger partial charge on any atom is 0.240 e. The van der Waals surface area contributed by atoms with E-state index in [0.29, 0.717) is 22.9 Å². The number of primary amides is 1. The largest absolute Gasteiger partial charge is 0.368 e. The van der Waals surface area contributed by atoms with Gasteiger partial charge in [0.2, 0.25) is 11.8 Å². The quantitative estimate of drug-likeness (QED) is 0.256. The van der Waals surface area contributed by atoms with Crippen molar-refractivity contribution in [3.05, 3.63) is 100 Å². The molecule has 3 atom stereocenters. The zero-order chi connectivity index (χ0) is 28.4. The van der Waals surface area contributed by atoms with Crippen molar-refractivity contribution < 1.29 is 9.59 Å². The van der Waals surface area contributed by atoms with Crippen LogP contribution in [0.3, 0.4) is 0 Å². The standard InChI is InChI=1S/C31H31Cl2N5O2/c1-31(2)21(16-29(39)36-27(30(34)40)14-19-6-4-3-5-7-19)15-23(31)28-18-26(20-10-12-35-13-11-20)37-38(28)22-8-9-24(32)25(33)17-22/h3-13,17-18,21,23,27H,14-16H2,1-2H3,(H2,34,40)(H,36,39)/t21-,23+,27+/m1/s1. The van der Waals surface area contributed by atoms with Crippen molar-refractivity contribution in [1.29, 1.82) is 0 Å². The summed E-state index contributed by atoms with van der Waals surface area (Å²) < 4.78 is 1.92. The summed E-state index contributed by atoms with van der Waals surface area (Å²) in [4.78, 5) is 29.3. The Morgan fingerprint density at radius 3 is 2.42 bits per heavy atom. The van der Waals surface area contributed by atoms with Crippen LogP contribution in [0, 0.1) is 11.3 Å². The number of rotatable bonds is 9. The SMILES string of the molecule is CC1(C)[C@@H](CC(=O)N[C@@H](Cc2ccccc2)C(N)=O)C[C@H]1c1cc(-c2ccncc2)nn1-c1ccc(Cl)c(Cl)c1. The van der Waals surface area contributed by atoms with Crippen LogP contribution in [0.25, 0.3) is 16.9 Å². The van der Waals surface area contributed by atoms with E-state index in [1.54, 1.807) is 18.5 Å². The van der Waals surface area contributed by atoms with Crippen LogP contribution in [0.4, 0.5) is 0 Å². The fraction of sp³-hybridized carbons (Fsp3) is 0.290. The molecule has 0 unspecified atom stereocenters. The van der Waals surface area contributed by atoms with Crippen LogP contribution >= 0.6 is 23.2 Å². The molecule has 2 aromatic carbocycles. The van der Waals surface area contributed by atoms with Crippen LogP contribution < -0.4 is 11.1 Å². The average molecular weight is 577 g/mol. The number of nitrogens with zero attached hydrogens (tertiary/aromatic N) is 3. The van der Waals surface area contributed by atoms with Gasteiger partial charge in [-0.1, -0.05) is 67.4 Å². The first-order valence-electron chi connectivity index (χ1n) is 13.2. The lowest BCUT2D eigenvalue weighted by Gasteiger charge is -2.52. The van der Waals surface area contributed by atoms with Crippen molar-refractivity contribution >= 4 is 35.0 Å². The number of hydrogen-bond acceptors (Lipinski definition) is 4. The van der Waals surface area contributed by atoms with Gasteiger partial charge in [-0.3, -0.25) is 14.6 Å². The average Bonchev–Trinajstić information content (AvgIpc) is 3.37. The molecule has 5 rings (SSSR count). The number of aromatic nitrogens is 3. The first-order chi connectivity index (χ1) is 19.1. The van der Waals surface area contributed by atoms with Crippen LogP contribution in [0.5, 0.6) is 0 Å². The fourth-order valence-corrected chi connectivity index (χ4v) is 5.84. The summed E-state index contributed by atoms with van der Waals surface area (Å²) in [5.74, 6) is -0.466. The van der Waals surface area contributed by atoms with Gasteiger partial charge in [-0.05, 0) is 59.7 Å². The molecular formula is C31H31Cl2N5O2. The van der Waals surface area contributed by atoms with Crippen LogP contribution in [-0.4, -0.2) is 32.6 Å². The lowest BCUT2D eigenvalue weighted by atomic mass is 9.52. The topological polar surface area (TPSA) is 103 Å². The third-order valence-corrected chi connectivity index (χ3v) is 8.82. The first-order valence-corrected chi connectivity index (χ1v) is 14.0. The van der Waals surface area contributed by atoms with E-state index >= 15 is 0 Å². The van der Waals surface area contributed by atoms with Crippen LogP contribution in [0.2, 0.25) is 10.0 Å². The third kappa shape index (κ3) is 5.76. The Labute approximate surface area is 243 Å². The highest BCUT2D eigenvalue weighted by Gasteiger charge is 2.50. The van der Waals surface area contributed by atoms with Gasteiger partial charge in [0.05, 0.1) is 21.4 Å². The van der Waals surface area contributed by atoms with Crippen LogP contribution in [-0.2, 0) is 16.0 Å². The van der Waals surface area contributed by atoms with E-state index in [2.05, 4.69) is 30.2 Å². The molecule has 3 N–H and O–H groups in total. The number of nitrogens with one attached hydrogen (secondary N) is 1. The number of benzene rings is 2. The summed E-state index contributed by atoms with van der Waals surface area (Å²) in [5, 5.41) is 8.73. The molecule has 206 valence electrons. The lowest BCUT2D eigenvalue weighted by Crippen LogP contribution is -2.49. The van der Waals surface area contributed by atoms with Crippen LogP contribution in [0.15, 0.2) is 79.1 Å². The van der Waals surface area contributed by atoms with E-state index in [1.807, 2.05) is 59.3 Å². The number of carbonyl (C=O) groups is 2. The van der Waals surface area contributed by atoms with Crippen molar-refractivity contribution in [2.24, 2.45) is 17.1 Å². The minimum absolute atomic E-state index is 0.115. The van der Waals surface area contributed by atoms with Crippen molar-refractivity contribution in [3.8, 4) is 16.9 Å². The summed E-state index contributed by atoms with van der Waals surface area (Å²) in [6.07, 6.45) is 4.95. The highest BCUT2D eigenvalue weighted by Crippen LogP contribution is 2.58. The predicted octanol–water partition coefficient (Wildman–Crippen LogP) is 5.97. The second-order valence-corrected chi connectivity index (χ2v) is 11.7. The van der Waals surface area contributed by atoms with Gasteiger partial charge in [0.15, 0.2) is 0 Å². The lowest BCUT2D eigenvalue weighted by molar-refractivity contribution is -0.130. The molecule has 0 radical (unpaired) electrons. The third-order valence-electron chi connectivity index (χ3n) is 8.08. The molecular weight excluding hydrogens is 545 g/mol. The fourth-order valence-electron chi connectivity index (χ4n) is 5.55. The molecule has 0 aliphatic heterocycles. The van der Waals surface area contributed by atoms with Gasteiger partial charge in [0.25, 0.3) is 0 Å². The molecule has 9 heteroatoms. The summed E-state index contributed by atoms with van der Waals surface area (Å²) in [6.45, 7) is 4.35. The summed E-state index contributed by atoms with van der Waals surface area (Å²) in [6, 6.07) is 20.2. The number of carbonyl (C=O) groups excluding carboxylic acids is 2. The molecule has 4 aromatic rings. The van der Waals surface area contributed by atoms with E-state index in [4.69, 9.17) is 34.0 Å². The zero-order valence-corrected chi connectivity index (χ0v) is 23.9. The second kappa shape index (κ2) is 11.4. The van der Waals surface area contributed by atoms with Crippen molar-refractivity contribution in [3.63, 3.8) is 0 Å². The Morgan fingerprint density at radius 1 is 1.05 bits per heavy atom. The van der Waals surface area contributed by atoms with E-state index in [-0.39, 0.29) is 23.2 Å². The molecule has 1 saturated carbocycles. The highest BCUT2D eigenvalue weighted by molar-refractivity contribution is 6.42. The number of pyridine rings is 1. The van der Waals surface area contributed by atoms with Crippen molar-refractivity contribution in [2.45, 2.75) is 45.1 Å². The molecule has 1 fully saturated rings. The number of halogens is 2. The molecule has 1 aliphatic carbocycles. The molecule has 40 heavy (non-hydrogen) atoms. The maximum atomic E-state index is 13.1. The Hall–Kier alpha value is -3.68. The van der Waals surface area contributed by atoms with Gasteiger partial charge in [-0.15, -0.1) is 0 Å². The second-order valence-electron chi connectivity index (χ2n) is 10.9. The normalized spacial score (nSPS) is 18.5. The first kappa shape index (κ1) is 27.9. The molecule has 0 spiro atoms. The molecule has 0 bridgehead atoms. The van der Waals surface area contributed by atoms with E-state index in [9.17, 15) is 9.59 Å². The van der Waals surface area contributed by atoms with Gasteiger partial charge in [0, 0.05) is 42.4 Å². The molecule has 0 saturated heterocycles. The smallest absolute Gasteiger partial charge is 0.240 e. The van der Waals surface area contributed by atoms with Crippen molar-refractivity contribution in [2.75, 3.05) is 0 Å². The van der Waals surface area contributed by atoms with Gasteiger partial charge in [0.1, 0.15) is 6.04 Å². The van der Waals surface area contributed by atoms with Crippen LogP contribution in [0.1, 0.15) is 43.9 Å². The Bertz CT molecular complexity index is 1520. The Kier molecular flexibility index (Phi) is 7.97. The minimum atomic E-state index is -0.757. The Balaban J connectivity index is 1.35. The van der Waals surface area contributed by atoms with E-state index in [0.717, 1.165) is 34.6 Å². The number of nitrogens with two attached hydrogens (primary N) is 1. The highest BCUT2D eigenvalue weighted by atomic mass is 35.5. The van der Waals surface area contributed by atoms with Gasteiger partial charge >= 0.3 is 0 Å². The monoisotopic (exact) mass is 575 g/mol. The molecule has 2 aromatic heterocycles. The molecule has 2 amide bonds.